The number of aliphatic hydroxyl groups excluding tert-OH is 2. The monoisotopic (exact) mass is 682 g/mol. The minimum atomic E-state index is -3.57. The molecule has 252 valence electrons. The van der Waals surface area contributed by atoms with Crippen molar-refractivity contribution in [3.63, 3.8) is 0 Å². The Morgan fingerprint density at radius 3 is 1.49 bits per heavy atom. The molecule has 7 N–H and O–H groups in total. The SMILES string of the molecule is CC(=O)Nc1ccccc1-c1ccc(S(=O)(=O)NCCCCO)cc1.Nc1ccccc1-c1ccc(S(=O)(=O)NCCCCO)cc1. The van der Waals surface area contributed by atoms with Crippen LogP contribution in [0.15, 0.2) is 107 Å². The highest BCUT2D eigenvalue weighted by molar-refractivity contribution is 7.89. The van der Waals surface area contributed by atoms with E-state index in [1.165, 1.54) is 19.1 Å². The first kappa shape index (κ1) is 37.3. The van der Waals surface area contributed by atoms with Crippen LogP contribution >= 0.6 is 0 Å². The summed E-state index contributed by atoms with van der Waals surface area (Å²) < 4.78 is 53.7. The van der Waals surface area contributed by atoms with Crippen molar-refractivity contribution in [2.75, 3.05) is 37.4 Å². The Hall–Kier alpha value is -4.11. The zero-order chi connectivity index (χ0) is 34.3. The normalized spacial score (nSPS) is 11.4. The maximum Gasteiger partial charge on any atom is 0.240 e. The molecule has 0 fully saturated rings. The number of aliphatic hydroxyl groups is 2. The molecule has 0 spiro atoms. The average Bonchev–Trinajstić information content (AvgIpc) is 3.06. The summed E-state index contributed by atoms with van der Waals surface area (Å²) in [6.07, 6.45) is 2.32. The Bertz CT molecular complexity index is 1800. The van der Waals surface area contributed by atoms with Crippen LogP contribution in [-0.4, -0.2) is 59.3 Å². The van der Waals surface area contributed by atoms with Crippen LogP contribution in [0.4, 0.5) is 11.4 Å². The first-order valence-electron chi connectivity index (χ1n) is 15.1. The Morgan fingerprint density at radius 2 is 1.04 bits per heavy atom. The van der Waals surface area contributed by atoms with Gasteiger partial charge < -0.3 is 21.3 Å². The number of hydrogen-bond donors (Lipinski definition) is 6. The van der Waals surface area contributed by atoms with Gasteiger partial charge in [-0.1, -0.05) is 60.7 Å². The molecule has 0 aliphatic carbocycles. The molecule has 47 heavy (non-hydrogen) atoms. The van der Waals surface area contributed by atoms with Crippen molar-refractivity contribution < 1.29 is 31.8 Å². The molecular weight excluding hydrogens is 641 g/mol. The number of carbonyl (C=O) groups excluding carboxylic acids is 1. The van der Waals surface area contributed by atoms with Crippen LogP contribution in [0.1, 0.15) is 32.6 Å². The summed E-state index contributed by atoms with van der Waals surface area (Å²) in [5.41, 5.74) is 10.6. The third-order valence-corrected chi connectivity index (χ3v) is 9.86. The number of anilines is 2. The van der Waals surface area contributed by atoms with Gasteiger partial charge >= 0.3 is 0 Å². The molecule has 13 heteroatoms. The maximum atomic E-state index is 12.2. The fourth-order valence-corrected chi connectivity index (χ4v) is 6.62. The molecule has 0 aliphatic rings. The minimum absolute atomic E-state index is 0.0458. The van der Waals surface area contributed by atoms with Crippen LogP contribution in [0.3, 0.4) is 0 Å². The topological polar surface area (TPSA) is 188 Å². The number of sulfonamides is 2. The van der Waals surface area contributed by atoms with Crippen LogP contribution in [0.25, 0.3) is 22.3 Å². The Kier molecular flexibility index (Phi) is 14.5. The molecule has 4 aromatic rings. The number of rotatable bonds is 15. The van der Waals surface area contributed by atoms with Crippen LogP contribution in [-0.2, 0) is 24.8 Å². The predicted octanol–water partition coefficient (Wildman–Crippen LogP) is 4.35. The molecule has 0 bridgehead atoms. The van der Waals surface area contributed by atoms with Crippen LogP contribution < -0.4 is 20.5 Å². The molecule has 0 radical (unpaired) electrons. The van der Waals surface area contributed by atoms with Crippen molar-refractivity contribution in [2.45, 2.75) is 42.4 Å². The first-order chi connectivity index (χ1) is 22.5. The van der Waals surface area contributed by atoms with Gasteiger partial charge in [0.05, 0.1) is 9.79 Å². The van der Waals surface area contributed by atoms with E-state index in [9.17, 15) is 21.6 Å². The summed E-state index contributed by atoms with van der Waals surface area (Å²) in [6, 6.07) is 27.9. The lowest BCUT2D eigenvalue weighted by molar-refractivity contribution is -0.114. The van der Waals surface area contributed by atoms with E-state index in [4.69, 9.17) is 15.9 Å². The molecule has 1 amide bonds. The number of amides is 1. The third-order valence-electron chi connectivity index (χ3n) is 6.90. The third kappa shape index (κ3) is 11.6. The Balaban J connectivity index is 0.000000257. The smallest absolute Gasteiger partial charge is 0.240 e. The highest BCUT2D eigenvalue weighted by Crippen LogP contribution is 2.29. The molecule has 0 saturated heterocycles. The van der Waals surface area contributed by atoms with Gasteiger partial charge in [-0.15, -0.1) is 0 Å². The van der Waals surface area contributed by atoms with Crippen LogP contribution in [0, 0.1) is 0 Å². The number of carbonyl (C=O) groups is 1. The van der Waals surface area contributed by atoms with E-state index in [0.29, 0.717) is 43.6 Å². The van der Waals surface area contributed by atoms with E-state index < -0.39 is 20.0 Å². The molecule has 4 rings (SSSR count). The lowest BCUT2D eigenvalue weighted by Crippen LogP contribution is -2.24. The highest BCUT2D eigenvalue weighted by Gasteiger charge is 2.15. The van der Waals surface area contributed by atoms with E-state index in [0.717, 1.165) is 22.3 Å². The quantitative estimate of drug-likeness (QED) is 0.0789. The van der Waals surface area contributed by atoms with Crippen LogP contribution in [0.5, 0.6) is 0 Å². The van der Waals surface area contributed by atoms with E-state index in [-0.39, 0.29) is 35.5 Å². The lowest BCUT2D eigenvalue weighted by atomic mass is 10.0. The number of para-hydroxylation sites is 2. The van der Waals surface area contributed by atoms with Crippen molar-refractivity contribution in [1.29, 1.82) is 0 Å². The molecule has 0 unspecified atom stereocenters. The number of unbranched alkanes of at least 4 members (excludes halogenated alkanes) is 2. The molecule has 0 aromatic heterocycles. The van der Waals surface area contributed by atoms with Gasteiger partial charge in [-0.05, 0) is 73.2 Å². The number of benzene rings is 4. The number of hydrogen-bond acceptors (Lipinski definition) is 8. The second-order valence-electron chi connectivity index (χ2n) is 10.5. The minimum Gasteiger partial charge on any atom is -0.398 e. The van der Waals surface area contributed by atoms with E-state index >= 15 is 0 Å². The predicted molar refractivity (Wildman–Crippen MR) is 185 cm³/mol. The zero-order valence-electron chi connectivity index (χ0n) is 26.2. The summed E-state index contributed by atoms with van der Waals surface area (Å²) in [7, 11) is -7.08. The second kappa shape index (κ2) is 18.3. The standard InChI is InChI=1S/C18H22N2O4S.C16H20N2O3S/c1-14(22)20-18-7-3-2-6-17(18)15-8-10-16(11-9-15)25(23,24)19-12-4-5-13-21;17-16-6-2-1-5-15(16)13-7-9-14(10-8-13)22(20,21)18-11-3-4-12-19/h2-3,6-11,19,21H,4-5,12-13H2,1H3,(H,20,22);1-2,5-10,18-19H,3-4,11-12,17H2. The number of nitrogen functional groups attached to an aromatic ring is 1. The van der Waals surface area contributed by atoms with Crippen molar-refractivity contribution in [1.82, 2.24) is 9.44 Å². The molecule has 0 heterocycles. The Labute approximate surface area is 277 Å². The fourth-order valence-electron chi connectivity index (χ4n) is 4.47. The zero-order valence-corrected chi connectivity index (χ0v) is 27.9. The molecule has 11 nitrogen and oxygen atoms in total. The number of nitrogens with two attached hydrogens (primary N) is 1. The summed E-state index contributed by atoms with van der Waals surface area (Å²) in [5, 5.41) is 20.2. The largest absolute Gasteiger partial charge is 0.398 e. The summed E-state index contributed by atoms with van der Waals surface area (Å²) in [5.74, 6) is -0.168. The lowest BCUT2D eigenvalue weighted by Gasteiger charge is -2.11. The van der Waals surface area contributed by atoms with E-state index in [1.54, 1.807) is 42.5 Å². The van der Waals surface area contributed by atoms with Crippen molar-refractivity contribution in [2.24, 2.45) is 0 Å². The van der Waals surface area contributed by atoms with E-state index in [2.05, 4.69) is 14.8 Å². The van der Waals surface area contributed by atoms with Crippen molar-refractivity contribution in [3.8, 4) is 22.3 Å². The second-order valence-corrected chi connectivity index (χ2v) is 14.1. The van der Waals surface area contributed by atoms with Gasteiger partial charge in [-0.25, -0.2) is 26.3 Å². The fraction of sp³-hybridized carbons (Fsp3) is 0.265. The first-order valence-corrected chi connectivity index (χ1v) is 18.1. The highest BCUT2D eigenvalue weighted by atomic mass is 32.2. The average molecular weight is 683 g/mol. The summed E-state index contributed by atoms with van der Waals surface area (Å²) in [4.78, 5) is 11.7. The summed E-state index contributed by atoms with van der Waals surface area (Å²) >= 11 is 0. The molecular formula is C34H42N4O7S2. The van der Waals surface area contributed by atoms with Gasteiger partial charge in [0, 0.05) is 55.7 Å². The Morgan fingerprint density at radius 1 is 0.617 bits per heavy atom. The van der Waals surface area contributed by atoms with Gasteiger partial charge in [0.15, 0.2) is 0 Å². The molecule has 0 atom stereocenters. The van der Waals surface area contributed by atoms with Gasteiger partial charge in [-0.2, -0.15) is 0 Å². The van der Waals surface area contributed by atoms with Gasteiger partial charge in [0.25, 0.3) is 0 Å². The van der Waals surface area contributed by atoms with Crippen molar-refractivity contribution >= 4 is 37.3 Å². The molecule has 0 saturated carbocycles. The van der Waals surface area contributed by atoms with Crippen molar-refractivity contribution in [3.05, 3.63) is 97.1 Å². The van der Waals surface area contributed by atoms with Gasteiger partial charge in [0.1, 0.15) is 0 Å². The number of nitrogens with one attached hydrogen (secondary N) is 3. The molecule has 0 aliphatic heterocycles. The van der Waals surface area contributed by atoms with E-state index in [1.807, 2.05) is 42.5 Å². The maximum absolute atomic E-state index is 12.2. The van der Waals surface area contributed by atoms with Gasteiger partial charge in [0.2, 0.25) is 26.0 Å². The van der Waals surface area contributed by atoms with Gasteiger partial charge in [-0.3, -0.25) is 4.79 Å². The van der Waals surface area contributed by atoms with Crippen LogP contribution in [0.2, 0.25) is 0 Å². The summed E-state index contributed by atoms with van der Waals surface area (Å²) in [6.45, 7) is 2.15. The molecule has 4 aromatic carbocycles.